The van der Waals surface area contributed by atoms with Crippen molar-refractivity contribution in [3.8, 4) is 0 Å². The van der Waals surface area contributed by atoms with Gasteiger partial charge in [0.2, 0.25) is 5.95 Å². The lowest BCUT2D eigenvalue weighted by Gasteiger charge is -2.19. The van der Waals surface area contributed by atoms with Crippen LogP contribution in [0, 0.1) is 0 Å². The molecule has 6 nitrogen and oxygen atoms in total. The molecule has 0 aromatic carbocycles. The average Bonchev–Trinajstić information content (AvgIpc) is 2.08. The zero-order chi connectivity index (χ0) is 13.2. The van der Waals surface area contributed by atoms with E-state index in [9.17, 15) is 4.79 Å². The molecule has 0 fully saturated rings. The highest BCUT2D eigenvalue weighted by molar-refractivity contribution is 6.30. The number of rotatable bonds is 2. The smallest absolute Gasteiger partial charge is 0.311 e. The third kappa shape index (κ3) is 4.07. The molecule has 0 bridgehead atoms. The second-order valence-electron chi connectivity index (χ2n) is 4.50. The molecule has 0 aliphatic rings. The van der Waals surface area contributed by atoms with Crippen molar-refractivity contribution >= 4 is 29.3 Å². The van der Waals surface area contributed by atoms with Gasteiger partial charge >= 0.3 is 5.97 Å². The topological polar surface area (TPSA) is 104 Å². The first-order valence-corrected chi connectivity index (χ1v) is 5.36. The maximum Gasteiger partial charge on any atom is 0.311 e. The quantitative estimate of drug-likeness (QED) is 0.610. The summed E-state index contributed by atoms with van der Waals surface area (Å²) in [6.45, 7) is 5.32. The molecule has 1 aromatic rings. The standard InChI is InChI=1S/C10H15ClN4O2/c1-10(2,3)17-6(16)4-5-7(11)14-9(13)15-8(5)12/h4H2,1-3H3,(H4,12,13,14,15). The Balaban J connectivity index is 2.86. The lowest BCUT2D eigenvalue weighted by molar-refractivity contribution is -0.153. The van der Waals surface area contributed by atoms with E-state index in [0.29, 0.717) is 5.56 Å². The lowest BCUT2D eigenvalue weighted by Crippen LogP contribution is -2.25. The Kier molecular flexibility index (Phi) is 3.77. The van der Waals surface area contributed by atoms with Crippen molar-refractivity contribution in [3.05, 3.63) is 10.7 Å². The van der Waals surface area contributed by atoms with E-state index in [2.05, 4.69) is 9.97 Å². The zero-order valence-corrected chi connectivity index (χ0v) is 10.7. The normalized spacial score (nSPS) is 11.3. The van der Waals surface area contributed by atoms with E-state index in [0.717, 1.165) is 0 Å². The van der Waals surface area contributed by atoms with Crippen molar-refractivity contribution < 1.29 is 9.53 Å². The van der Waals surface area contributed by atoms with Crippen LogP contribution >= 0.6 is 11.6 Å². The number of aromatic nitrogens is 2. The molecule has 17 heavy (non-hydrogen) atoms. The first kappa shape index (κ1) is 13.5. The molecule has 0 saturated heterocycles. The van der Waals surface area contributed by atoms with Crippen LogP contribution < -0.4 is 11.5 Å². The number of nitrogens with zero attached hydrogens (tertiary/aromatic N) is 2. The van der Waals surface area contributed by atoms with E-state index < -0.39 is 11.6 Å². The Labute approximate surface area is 104 Å². The van der Waals surface area contributed by atoms with Gasteiger partial charge in [0.15, 0.2) is 0 Å². The van der Waals surface area contributed by atoms with Crippen LogP contribution in [-0.4, -0.2) is 21.5 Å². The van der Waals surface area contributed by atoms with Gasteiger partial charge < -0.3 is 16.2 Å². The van der Waals surface area contributed by atoms with Gasteiger partial charge in [0.05, 0.1) is 6.42 Å². The average molecular weight is 259 g/mol. The largest absolute Gasteiger partial charge is 0.460 e. The first-order chi connectivity index (χ1) is 7.69. The van der Waals surface area contributed by atoms with Crippen LogP contribution in [0.15, 0.2) is 0 Å². The fraction of sp³-hybridized carbons (Fsp3) is 0.500. The number of nitrogens with two attached hydrogens (primary N) is 2. The van der Waals surface area contributed by atoms with Crippen LogP contribution in [0.1, 0.15) is 26.3 Å². The van der Waals surface area contributed by atoms with Crippen LogP contribution in [0.3, 0.4) is 0 Å². The number of anilines is 2. The molecule has 0 aliphatic heterocycles. The van der Waals surface area contributed by atoms with Crippen molar-refractivity contribution in [1.29, 1.82) is 0 Å². The van der Waals surface area contributed by atoms with E-state index in [1.807, 2.05) is 0 Å². The highest BCUT2D eigenvalue weighted by atomic mass is 35.5. The van der Waals surface area contributed by atoms with Crippen LogP contribution in [0.25, 0.3) is 0 Å². The van der Waals surface area contributed by atoms with Crippen LogP contribution in [0.4, 0.5) is 11.8 Å². The Morgan fingerprint density at radius 1 is 1.35 bits per heavy atom. The molecule has 1 heterocycles. The molecule has 7 heteroatoms. The number of hydrogen-bond donors (Lipinski definition) is 2. The van der Waals surface area contributed by atoms with Gasteiger partial charge in [0.1, 0.15) is 16.6 Å². The first-order valence-electron chi connectivity index (χ1n) is 4.98. The highest BCUT2D eigenvalue weighted by Gasteiger charge is 2.20. The van der Waals surface area contributed by atoms with Gasteiger partial charge in [-0.25, -0.2) is 4.98 Å². The van der Waals surface area contributed by atoms with Crippen molar-refractivity contribution in [3.63, 3.8) is 0 Å². The fourth-order valence-electron chi connectivity index (χ4n) is 1.18. The van der Waals surface area contributed by atoms with E-state index in [-0.39, 0.29) is 23.3 Å². The van der Waals surface area contributed by atoms with Crippen molar-refractivity contribution in [2.24, 2.45) is 0 Å². The minimum atomic E-state index is -0.563. The molecule has 94 valence electrons. The number of hydrogen-bond acceptors (Lipinski definition) is 6. The molecule has 0 aliphatic carbocycles. The van der Waals surface area contributed by atoms with Gasteiger partial charge in [-0.15, -0.1) is 0 Å². The van der Waals surface area contributed by atoms with Crippen molar-refractivity contribution in [2.45, 2.75) is 32.8 Å². The van der Waals surface area contributed by atoms with Crippen LogP contribution in [0.2, 0.25) is 5.15 Å². The van der Waals surface area contributed by atoms with Gasteiger partial charge in [0, 0.05) is 5.56 Å². The molecular formula is C10H15ClN4O2. The number of ether oxygens (including phenoxy) is 1. The number of carbonyl (C=O) groups excluding carboxylic acids is 1. The Bertz CT molecular complexity index is 419. The predicted octanol–water partition coefficient (Wildman–Crippen LogP) is 1.18. The summed E-state index contributed by atoms with van der Waals surface area (Å²) in [5.41, 5.74) is 10.7. The summed E-state index contributed by atoms with van der Waals surface area (Å²) in [6.07, 6.45) is -0.0811. The lowest BCUT2D eigenvalue weighted by atomic mass is 10.2. The van der Waals surface area contributed by atoms with Gasteiger partial charge in [-0.05, 0) is 20.8 Å². The molecular weight excluding hydrogens is 244 g/mol. The number of carbonyl (C=O) groups is 1. The second kappa shape index (κ2) is 4.75. The summed E-state index contributed by atoms with van der Waals surface area (Å²) >= 11 is 5.83. The number of esters is 1. The fourth-order valence-corrected chi connectivity index (χ4v) is 1.43. The van der Waals surface area contributed by atoms with Gasteiger partial charge in [0.25, 0.3) is 0 Å². The summed E-state index contributed by atoms with van der Waals surface area (Å²) in [5.74, 6) is -0.381. The Morgan fingerprint density at radius 3 is 2.41 bits per heavy atom. The van der Waals surface area contributed by atoms with Gasteiger partial charge in [-0.3, -0.25) is 4.79 Å². The van der Waals surface area contributed by atoms with Crippen LogP contribution in [-0.2, 0) is 16.0 Å². The molecule has 1 aromatic heterocycles. The van der Waals surface area contributed by atoms with Gasteiger partial charge in [-0.2, -0.15) is 4.98 Å². The van der Waals surface area contributed by atoms with Crippen LogP contribution in [0.5, 0.6) is 0 Å². The Hall–Kier alpha value is -1.56. The number of halogens is 1. The molecule has 0 saturated carbocycles. The molecule has 1 rings (SSSR count). The van der Waals surface area contributed by atoms with E-state index >= 15 is 0 Å². The van der Waals surface area contributed by atoms with E-state index in [1.165, 1.54) is 0 Å². The zero-order valence-electron chi connectivity index (χ0n) is 9.95. The van der Waals surface area contributed by atoms with E-state index in [1.54, 1.807) is 20.8 Å². The molecule has 4 N–H and O–H groups in total. The Morgan fingerprint density at radius 2 is 1.94 bits per heavy atom. The number of nitrogen functional groups attached to an aromatic ring is 2. The second-order valence-corrected chi connectivity index (χ2v) is 4.86. The predicted molar refractivity (Wildman–Crippen MR) is 65.4 cm³/mol. The third-order valence-electron chi connectivity index (χ3n) is 1.75. The maximum atomic E-state index is 11.6. The molecule has 0 radical (unpaired) electrons. The molecule has 0 amide bonds. The SMILES string of the molecule is CC(C)(C)OC(=O)Cc1c(N)nc(N)nc1Cl. The van der Waals surface area contributed by atoms with Gasteiger partial charge in [-0.1, -0.05) is 11.6 Å². The maximum absolute atomic E-state index is 11.6. The van der Waals surface area contributed by atoms with Crippen molar-refractivity contribution in [2.75, 3.05) is 11.5 Å². The molecule has 0 spiro atoms. The summed E-state index contributed by atoms with van der Waals surface area (Å²) < 4.78 is 5.14. The third-order valence-corrected chi connectivity index (χ3v) is 2.06. The molecule has 0 atom stereocenters. The monoisotopic (exact) mass is 258 g/mol. The summed E-state index contributed by atoms with van der Waals surface area (Å²) in [5, 5.41) is 0.0702. The minimum absolute atomic E-state index is 0.0274. The summed E-state index contributed by atoms with van der Waals surface area (Å²) in [6, 6.07) is 0. The summed E-state index contributed by atoms with van der Waals surface area (Å²) in [4.78, 5) is 19.1. The summed E-state index contributed by atoms with van der Waals surface area (Å²) in [7, 11) is 0. The highest BCUT2D eigenvalue weighted by Crippen LogP contribution is 2.21. The molecule has 0 unspecified atom stereocenters. The van der Waals surface area contributed by atoms with E-state index in [4.69, 9.17) is 27.8 Å². The van der Waals surface area contributed by atoms with Crippen molar-refractivity contribution in [1.82, 2.24) is 9.97 Å². The minimum Gasteiger partial charge on any atom is -0.460 e.